The van der Waals surface area contributed by atoms with Crippen LogP contribution in [-0.4, -0.2) is 50.5 Å². The van der Waals surface area contributed by atoms with Crippen molar-refractivity contribution in [2.24, 2.45) is 0 Å². The molecule has 3 aromatic carbocycles. The Labute approximate surface area is 230 Å². The van der Waals surface area contributed by atoms with Gasteiger partial charge in [0.25, 0.3) is 5.91 Å². The second-order valence-electron chi connectivity index (χ2n) is 9.21. The molecule has 0 saturated carbocycles. The SMILES string of the molecule is CCOCc1cc(OC)c(-c2ccc(C[C@H](NC(=O)c3c(F)cccc3F)C(=O)O)c3c2OCCC3)c(OC)c1. The Balaban J connectivity index is 1.72. The first-order valence-electron chi connectivity index (χ1n) is 12.9. The van der Waals surface area contributed by atoms with Crippen LogP contribution < -0.4 is 19.5 Å². The molecule has 0 aliphatic carbocycles. The molecular formula is C30H31F2NO7. The number of fused-ring (bicyclic) bond motifs is 1. The molecule has 0 fully saturated rings. The number of carbonyl (C=O) groups is 2. The molecule has 0 saturated heterocycles. The summed E-state index contributed by atoms with van der Waals surface area (Å²) in [6.45, 7) is 3.31. The Morgan fingerprint density at radius 3 is 2.35 bits per heavy atom. The molecule has 1 heterocycles. The fraction of sp³-hybridized carbons (Fsp3) is 0.333. The van der Waals surface area contributed by atoms with Gasteiger partial charge in [0.1, 0.15) is 40.5 Å². The maximum absolute atomic E-state index is 14.1. The van der Waals surface area contributed by atoms with Crippen LogP contribution in [0.2, 0.25) is 0 Å². The highest BCUT2D eigenvalue weighted by Crippen LogP contribution is 2.47. The van der Waals surface area contributed by atoms with Crippen molar-refractivity contribution in [2.45, 2.75) is 38.8 Å². The Bertz CT molecular complexity index is 1360. The number of carboxylic acid groups (broad SMARTS) is 1. The zero-order valence-electron chi connectivity index (χ0n) is 22.5. The van der Waals surface area contributed by atoms with Gasteiger partial charge in [-0.15, -0.1) is 0 Å². The number of methoxy groups -OCH3 is 2. The van der Waals surface area contributed by atoms with Crippen LogP contribution in [0.1, 0.15) is 40.4 Å². The quantitative estimate of drug-likeness (QED) is 0.346. The zero-order valence-corrected chi connectivity index (χ0v) is 22.5. The molecule has 8 nitrogen and oxygen atoms in total. The van der Waals surface area contributed by atoms with Crippen LogP contribution in [0.5, 0.6) is 17.2 Å². The van der Waals surface area contributed by atoms with Gasteiger partial charge in [0.2, 0.25) is 0 Å². The fourth-order valence-corrected chi connectivity index (χ4v) is 4.82. The van der Waals surface area contributed by atoms with E-state index in [1.54, 1.807) is 26.4 Å². The molecule has 1 atom stereocenters. The summed E-state index contributed by atoms with van der Waals surface area (Å²) in [5, 5.41) is 12.1. The molecule has 40 heavy (non-hydrogen) atoms. The molecule has 1 aliphatic heterocycles. The molecule has 3 aromatic rings. The molecule has 10 heteroatoms. The molecule has 0 radical (unpaired) electrons. The van der Waals surface area contributed by atoms with Crippen LogP contribution in [0, 0.1) is 11.6 Å². The molecular weight excluding hydrogens is 524 g/mol. The van der Waals surface area contributed by atoms with E-state index in [4.69, 9.17) is 18.9 Å². The highest BCUT2D eigenvalue weighted by atomic mass is 19.1. The first-order valence-corrected chi connectivity index (χ1v) is 12.9. The third-order valence-electron chi connectivity index (χ3n) is 6.70. The van der Waals surface area contributed by atoms with E-state index in [1.165, 1.54) is 0 Å². The molecule has 1 aliphatic rings. The highest BCUT2D eigenvalue weighted by Gasteiger charge is 2.29. The maximum Gasteiger partial charge on any atom is 0.326 e. The smallest absolute Gasteiger partial charge is 0.326 e. The minimum atomic E-state index is -1.44. The maximum atomic E-state index is 14.1. The number of ether oxygens (including phenoxy) is 4. The number of carbonyl (C=O) groups excluding carboxylic acids is 1. The Morgan fingerprint density at radius 2 is 1.75 bits per heavy atom. The van der Waals surface area contributed by atoms with Crippen molar-refractivity contribution in [3.63, 3.8) is 0 Å². The molecule has 212 valence electrons. The van der Waals surface area contributed by atoms with Crippen molar-refractivity contribution in [1.29, 1.82) is 0 Å². The lowest BCUT2D eigenvalue weighted by molar-refractivity contribution is -0.139. The molecule has 0 bridgehead atoms. The van der Waals surface area contributed by atoms with Crippen molar-refractivity contribution in [1.82, 2.24) is 5.32 Å². The van der Waals surface area contributed by atoms with E-state index in [-0.39, 0.29) is 6.42 Å². The van der Waals surface area contributed by atoms with Crippen LogP contribution in [-0.2, 0) is 29.0 Å². The fourth-order valence-electron chi connectivity index (χ4n) is 4.82. The third-order valence-corrected chi connectivity index (χ3v) is 6.70. The van der Waals surface area contributed by atoms with Gasteiger partial charge in [-0.2, -0.15) is 0 Å². The third kappa shape index (κ3) is 6.02. The summed E-state index contributed by atoms with van der Waals surface area (Å²) >= 11 is 0. The number of benzene rings is 3. The Kier molecular flexibility index (Phi) is 9.21. The summed E-state index contributed by atoms with van der Waals surface area (Å²) in [6, 6.07) is 8.85. The topological polar surface area (TPSA) is 103 Å². The first-order chi connectivity index (χ1) is 19.3. The number of amides is 1. The number of rotatable bonds is 11. The number of aliphatic carboxylic acids is 1. The Hall–Kier alpha value is -4.18. The van der Waals surface area contributed by atoms with Gasteiger partial charge >= 0.3 is 5.97 Å². The largest absolute Gasteiger partial charge is 0.496 e. The van der Waals surface area contributed by atoms with Crippen molar-refractivity contribution in [3.8, 4) is 28.4 Å². The van der Waals surface area contributed by atoms with Crippen LogP contribution in [0.4, 0.5) is 8.78 Å². The van der Waals surface area contributed by atoms with Crippen molar-refractivity contribution < 1.29 is 42.4 Å². The summed E-state index contributed by atoms with van der Waals surface area (Å²) in [5.41, 5.74) is 2.83. The normalized spacial score (nSPS) is 13.1. The van der Waals surface area contributed by atoms with Crippen LogP contribution in [0.15, 0.2) is 42.5 Å². The van der Waals surface area contributed by atoms with E-state index in [9.17, 15) is 23.5 Å². The van der Waals surface area contributed by atoms with Gasteiger partial charge in [-0.3, -0.25) is 4.79 Å². The van der Waals surface area contributed by atoms with Gasteiger partial charge in [-0.05, 0) is 60.7 Å². The van der Waals surface area contributed by atoms with Crippen molar-refractivity contribution in [2.75, 3.05) is 27.4 Å². The van der Waals surface area contributed by atoms with E-state index < -0.39 is 35.1 Å². The van der Waals surface area contributed by atoms with Gasteiger partial charge in [0.15, 0.2) is 0 Å². The predicted molar refractivity (Wildman–Crippen MR) is 143 cm³/mol. The number of hydrogen-bond donors (Lipinski definition) is 2. The number of nitrogens with one attached hydrogen (secondary N) is 1. The van der Waals surface area contributed by atoms with Gasteiger partial charge in [0, 0.05) is 18.6 Å². The van der Waals surface area contributed by atoms with Crippen molar-refractivity contribution in [3.05, 3.63) is 76.4 Å². The van der Waals surface area contributed by atoms with Crippen molar-refractivity contribution >= 4 is 11.9 Å². The molecule has 1 amide bonds. The minimum Gasteiger partial charge on any atom is -0.496 e. The summed E-state index contributed by atoms with van der Waals surface area (Å²) in [6.07, 6.45) is 1.19. The molecule has 4 rings (SSSR count). The second kappa shape index (κ2) is 12.8. The van der Waals surface area contributed by atoms with Crippen LogP contribution >= 0.6 is 0 Å². The molecule has 0 spiro atoms. The summed E-state index contributed by atoms with van der Waals surface area (Å²) < 4.78 is 51.3. The molecule has 0 aromatic heterocycles. The second-order valence-corrected chi connectivity index (χ2v) is 9.21. The van der Waals surface area contributed by atoms with Gasteiger partial charge in [-0.1, -0.05) is 18.2 Å². The lowest BCUT2D eigenvalue weighted by atomic mass is 9.89. The van der Waals surface area contributed by atoms with Crippen LogP contribution in [0.3, 0.4) is 0 Å². The first kappa shape index (κ1) is 28.8. The lowest BCUT2D eigenvalue weighted by Gasteiger charge is -2.26. The number of halogens is 2. The number of carboxylic acids is 1. The summed E-state index contributed by atoms with van der Waals surface area (Å²) in [7, 11) is 3.12. The molecule has 0 unspecified atom stereocenters. The van der Waals surface area contributed by atoms with E-state index in [0.29, 0.717) is 66.6 Å². The standard InChI is InChI=1S/C30H31F2NO7/c1-4-39-16-17-13-24(37-2)26(25(14-17)38-3)20-11-10-18(19-7-6-12-40-28(19)20)15-23(30(35)36)33-29(34)27-21(31)8-5-9-22(27)32/h5,8-11,13-14,23H,4,6-7,12,15-16H2,1-3H3,(H,33,34)(H,35,36)/t23-/m0/s1. The zero-order chi connectivity index (χ0) is 28.8. The number of hydrogen-bond acceptors (Lipinski definition) is 6. The Morgan fingerprint density at radius 1 is 1.07 bits per heavy atom. The molecule has 2 N–H and O–H groups in total. The van der Waals surface area contributed by atoms with Gasteiger partial charge < -0.3 is 29.4 Å². The lowest BCUT2D eigenvalue weighted by Crippen LogP contribution is -2.43. The van der Waals surface area contributed by atoms with Gasteiger partial charge in [-0.25, -0.2) is 13.6 Å². The van der Waals surface area contributed by atoms with E-state index in [1.807, 2.05) is 19.1 Å². The minimum absolute atomic E-state index is 0.120. The average molecular weight is 556 g/mol. The highest BCUT2D eigenvalue weighted by molar-refractivity contribution is 5.97. The summed E-state index contributed by atoms with van der Waals surface area (Å²) in [4.78, 5) is 24.7. The summed E-state index contributed by atoms with van der Waals surface area (Å²) in [5.74, 6) is -2.96. The monoisotopic (exact) mass is 555 g/mol. The van der Waals surface area contributed by atoms with E-state index >= 15 is 0 Å². The van der Waals surface area contributed by atoms with Crippen LogP contribution in [0.25, 0.3) is 11.1 Å². The van der Waals surface area contributed by atoms with E-state index in [0.717, 1.165) is 29.3 Å². The van der Waals surface area contributed by atoms with Gasteiger partial charge in [0.05, 0.1) is 33.0 Å². The predicted octanol–water partition coefficient (Wildman–Crippen LogP) is 4.94. The van der Waals surface area contributed by atoms with E-state index in [2.05, 4.69) is 5.32 Å². The average Bonchev–Trinajstić information content (AvgIpc) is 2.95.